The highest BCUT2D eigenvalue weighted by Crippen LogP contribution is 2.52. The van der Waals surface area contributed by atoms with Gasteiger partial charge in [-0.3, -0.25) is 28.9 Å². The molecule has 0 radical (unpaired) electrons. The van der Waals surface area contributed by atoms with E-state index < -0.39 is 69.8 Å². The Morgan fingerprint density at radius 3 is 2.28 bits per heavy atom. The fourth-order valence-corrected chi connectivity index (χ4v) is 6.50. The van der Waals surface area contributed by atoms with Gasteiger partial charge in [-0.05, 0) is 55.5 Å². The van der Waals surface area contributed by atoms with Crippen LogP contribution in [0.5, 0.6) is 5.75 Å². The third kappa shape index (κ3) is 3.38. The van der Waals surface area contributed by atoms with Crippen molar-refractivity contribution in [2.45, 2.75) is 57.2 Å². The minimum absolute atomic E-state index is 0.00961. The summed E-state index contributed by atoms with van der Waals surface area (Å²) < 4.78 is 0. The van der Waals surface area contributed by atoms with E-state index in [0.717, 1.165) is 0 Å². The smallest absolute Gasteiger partial charge is 0.235 e. The van der Waals surface area contributed by atoms with Gasteiger partial charge in [-0.2, -0.15) is 0 Å². The Labute approximate surface area is 209 Å². The summed E-state index contributed by atoms with van der Waals surface area (Å²) in [6.45, 7) is 5.71. The molecule has 6 N–H and O–H groups in total. The van der Waals surface area contributed by atoms with Crippen LogP contribution in [0.4, 0.5) is 0 Å². The molecule has 3 aliphatic rings. The van der Waals surface area contributed by atoms with Crippen molar-refractivity contribution in [2.24, 2.45) is 35.1 Å². The number of nitrogens with zero attached hydrogens (tertiary/aromatic N) is 1. The maximum atomic E-state index is 13.9. The Morgan fingerprint density at radius 2 is 1.78 bits per heavy atom. The number of primary amides is 1. The minimum atomic E-state index is -2.73. The third-order valence-electron chi connectivity index (χ3n) is 8.18. The van der Waals surface area contributed by atoms with Crippen molar-refractivity contribution in [1.29, 1.82) is 0 Å². The number of carbonyl (C=O) groups is 5. The van der Waals surface area contributed by atoms with Crippen LogP contribution >= 0.6 is 0 Å². The molecule has 0 heterocycles. The number of hydrogen-bond acceptors (Lipinski definition) is 9. The van der Waals surface area contributed by atoms with E-state index in [0.29, 0.717) is 16.7 Å². The Morgan fingerprint density at radius 1 is 1.17 bits per heavy atom. The summed E-state index contributed by atoms with van der Waals surface area (Å²) in [4.78, 5) is 67.6. The zero-order chi connectivity index (χ0) is 27.1. The van der Waals surface area contributed by atoms with Crippen LogP contribution in [0.1, 0.15) is 54.2 Å². The van der Waals surface area contributed by atoms with Crippen molar-refractivity contribution in [3.8, 4) is 5.75 Å². The molecule has 0 saturated heterocycles. The lowest BCUT2D eigenvalue weighted by Crippen LogP contribution is -2.74. The maximum absolute atomic E-state index is 13.9. The zero-order valence-electron chi connectivity index (χ0n) is 21.1. The lowest BCUT2D eigenvalue weighted by atomic mass is 9.52. The van der Waals surface area contributed by atoms with Crippen molar-refractivity contribution in [3.05, 3.63) is 28.3 Å². The van der Waals surface area contributed by atoms with Crippen LogP contribution in [-0.2, 0) is 37.6 Å². The second-order valence-corrected chi connectivity index (χ2v) is 11.5. The molecule has 10 nitrogen and oxygen atoms in total. The van der Waals surface area contributed by atoms with Crippen LogP contribution in [0.3, 0.4) is 0 Å². The summed E-state index contributed by atoms with van der Waals surface area (Å²) in [7, 11) is 3.10. The van der Waals surface area contributed by atoms with E-state index in [1.807, 2.05) is 20.8 Å². The fourth-order valence-electron chi connectivity index (χ4n) is 6.50. The number of phenolic OH excluding ortho intramolecular Hbond substituents is 1. The molecule has 3 aliphatic carbocycles. The molecule has 1 aromatic carbocycles. The van der Waals surface area contributed by atoms with E-state index in [1.165, 1.54) is 4.90 Å². The molecular weight excluding hydrogens is 466 g/mol. The first-order valence-corrected chi connectivity index (χ1v) is 12.0. The zero-order valence-corrected chi connectivity index (χ0v) is 21.1. The Balaban J connectivity index is 1.91. The number of benzene rings is 1. The summed E-state index contributed by atoms with van der Waals surface area (Å²) in [6, 6.07) is 0.647. The van der Waals surface area contributed by atoms with Crippen molar-refractivity contribution in [1.82, 2.24) is 4.90 Å². The van der Waals surface area contributed by atoms with E-state index in [4.69, 9.17) is 11.5 Å². The maximum Gasteiger partial charge on any atom is 0.235 e. The van der Waals surface area contributed by atoms with Gasteiger partial charge in [0.15, 0.2) is 34.7 Å². The molecule has 1 amide bonds. The highest BCUT2D eigenvalue weighted by atomic mass is 16.3. The quantitative estimate of drug-likeness (QED) is 0.403. The molecule has 4 unspecified atom stereocenters. The SMILES string of the molecule is CN(C)[C@@H]1C(=O)C(C(N)=O)C(=O)[C@@]2(O)C(=O)C3C(=O)c4c(O)c(C(C)(C)C)cc(CN)c4CC3CC12. The molecule has 0 spiro atoms. The number of amides is 1. The van der Waals surface area contributed by atoms with E-state index >= 15 is 0 Å². The van der Waals surface area contributed by atoms with Gasteiger partial charge in [0.2, 0.25) is 5.91 Å². The molecule has 36 heavy (non-hydrogen) atoms. The molecule has 4 rings (SSSR count). The number of likely N-dealkylation sites (N-methyl/N-ethyl adjacent to an activating group) is 1. The lowest BCUT2D eigenvalue weighted by molar-refractivity contribution is -0.181. The number of fused-ring (bicyclic) bond motifs is 3. The molecule has 0 aliphatic heterocycles. The number of Topliss-reactive ketones (excluding diaryl/α,β-unsaturated/α-hetero) is 4. The van der Waals surface area contributed by atoms with E-state index in [9.17, 15) is 34.2 Å². The number of rotatable bonds is 3. The lowest BCUT2D eigenvalue weighted by Gasteiger charge is -2.52. The van der Waals surface area contributed by atoms with Gasteiger partial charge in [0.05, 0.1) is 17.5 Å². The van der Waals surface area contributed by atoms with Gasteiger partial charge in [-0.25, -0.2) is 0 Å². The summed E-state index contributed by atoms with van der Waals surface area (Å²) in [5.41, 5.74) is 9.76. The van der Waals surface area contributed by atoms with Crippen LogP contribution in [0.25, 0.3) is 0 Å². The summed E-state index contributed by atoms with van der Waals surface area (Å²) >= 11 is 0. The number of aliphatic hydroxyl groups is 1. The van der Waals surface area contributed by atoms with Crippen LogP contribution in [0.2, 0.25) is 0 Å². The van der Waals surface area contributed by atoms with E-state index in [-0.39, 0.29) is 30.7 Å². The van der Waals surface area contributed by atoms with Gasteiger partial charge in [-0.1, -0.05) is 20.8 Å². The number of aromatic hydroxyl groups is 1. The predicted molar refractivity (Wildman–Crippen MR) is 128 cm³/mol. The Hall–Kier alpha value is -2.95. The molecule has 6 atom stereocenters. The van der Waals surface area contributed by atoms with Crippen LogP contribution < -0.4 is 11.5 Å². The number of nitrogens with two attached hydrogens (primary N) is 2. The number of hydrogen-bond donors (Lipinski definition) is 4. The summed E-state index contributed by atoms with van der Waals surface area (Å²) in [5.74, 6) is -10.5. The second kappa shape index (κ2) is 8.29. The van der Waals surface area contributed by atoms with E-state index in [1.54, 1.807) is 20.2 Å². The molecule has 194 valence electrons. The standard InChI is InChI=1S/C26H33N3O7/c1-25(2,3)14-8-11(9-27)12-6-10-7-13-18(29(4)5)21(32)17(24(28)35)23(34)26(13,36)22(33)15(10)20(31)16(12)19(14)30/h8,10,13,15,17-18,30,36H,6-7,9,27H2,1-5H3,(H2,28,35)/t10?,13?,15?,17?,18-,26-/m0/s1. The van der Waals surface area contributed by atoms with E-state index in [2.05, 4.69) is 0 Å². The largest absolute Gasteiger partial charge is 0.507 e. The fraction of sp³-hybridized carbons (Fsp3) is 0.577. The van der Waals surface area contributed by atoms with Crippen molar-refractivity contribution in [3.63, 3.8) is 0 Å². The Kier molecular flexibility index (Phi) is 6.02. The van der Waals surface area contributed by atoms with Crippen LogP contribution in [0.15, 0.2) is 6.07 Å². The van der Waals surface area contributed by atoms with Gasteiger partial charge < -0.3 is 21.7 Å². The summed E-state index contributed by atoms with van der Waals surface area (Å²) in [5, 5.41) is 22.8. The topological polar surface area (TPSA) is 181 Å². The van der Waals surface area contributed by atoms with Crippen molar-refractivity contribution in [2.75, 3.05) is 14.1 Å². The number of phenols is 1. The average molecular weight is 500 g/mol. The molecule has 0 bridgehead atoms. The van der Waals surface area contributed by atoms with Crippen LogP contribution in [-0.4, -0.2) is 69.9 Å². The highest BCUT2D eigenvalue weighted by Gasteiger charge is 2.69. The summed E-state index contributed by atoms with van der Waals surface area (Å²) in [6.07, 6.45) is 0.214. The number of ketones is 4. The van der Waals surface area contributed by atoms with Crippen LogP contribution in [0, 0.1) is 23.7 Å². The first-order chi connectivity index (χ1) is 16.6. The molecule has 10 heteroatoms. The third-order valence-corrected chi connectivity index (χ3v) is 8.18. The molecule has 0 aromatic heterocycles. The monoisotopic (exact) mass is 499 g/mol. The minimum Gasteiger partial charge on any atom is -0.507 e. The highest BCUT2D eigenvalue weighted by molar-refractivity contribution is 6.32. The second-order valence-electron chi connectivity index (χ2n) is 11.5. The normalized spacial score (nSPS) is 32.3. The van der Waals surface area contributed by atoms with Gasteiger partial charge in [0, 0.05) is 18.0 Å². The molecule has 2 saturated carbocycles. The number of carbonyl (C=O) groups excluding carboxylic acids is 5. The van der Waals surface area contributed by atoms with Gasteiger partial charge in [0.1, 0.15) is 5.75 Å². The molecule has 1 aromatic rings. The predicted octanol–water partition coefficient (Wildman–Crippen LogP) is -0.377. The van der Waals surface area contributed by atoms with Crippen molar-refractivity contribution >= 4 is 29.0 Å². The molecular formula is C26H33N3O7. The average Bonchev–Trinajstić information content (AvgIpc) is 2.75. The van der Waals surface area contributed by atoms with Gasteiger partial charge >= 0.3 is 0 Å². The first-order valence-electron chi connectivity index (χ1n) is 12.0. The van der Waals surface area contributed by atoms with Gasteiger partial charge in [-0.15, -0.1) is 0 Å². The molecule has 2 fully saturated rings. The first kappa shape index (κ1) is 26.1. The van der Waals surface area contributed by atoms with Gasteiger partial charge in [0.25, 0.3) is 0 Å². The Bertz CT molecular complexity index is 1210. The van der Waals surface area contributed by atoms with Crippen molar-refractivity contribution < 1.29 is 34.2 Å².